The van der Waals surface area contributed by atoms with Gasteiger partial charge in [0.1, 0.15) is 5.82 Å². The van der Waals surface area contributed by atoms with Crippen LogP contribution in [-0.2, 0) is 6.54 Å². The fourth-order valence-electron chi connectivity index (χ4n) is 2.37. The molecule has 0 bridgehead atoms. The number of anilines is 1. The Bertz CT molecular complexity index is 641. The molecule has 2 aromatic rings. The average molecular weight is 351 g/mol. The Labute approximate surface area is 133 Å². The zero-order valence-electron chi connectivity index (χ0n) is 12.5. The van der Waals surface area contributed by atoms with Gasteiger partial charge in [0.25, 0.3) is 0 Å². The van der Waals surface area contributed by atoms with E-state index in [2.05, 4.69) is 33.0 Å². The van der Waals surface area contributed by atoms with E-state index < -0.39 is 0 Å². The van der Waals surface area contributed by atoms with Gasteiger partial charge in [0, 0.05) is 29.8 Å². The van der Waals surface area contributed by atoms with Gasteiger partial charge in [-0.3, -0.25) is 0 Å². The highest BCUT2D eigenvalue weighted by Crippen LogP contribution is 2.29. The van der Waals surface area contributed by atoms with Crippen LogP contribution < -0.4 is 10.6 Å². The second kappa shape index (κ2) is 6.58. The molecule has 0 aliphatic heterocycles. The van der Waals surface area contributed by atoms with E-state index in [1.807, 2.05) is 32.2 Å². The van der Waals surface area contributed by atoms with Gasteiger partial charge in [0.05, 0.1) is 0 Å². The maximum absolute atomic E-state index is 13.8. The third-order valence-electron chi connectivity index (χ3n) is 3.52. The molecule has 0 aliphatic carbocycles. The van der Waals surface area contributed by atoms with E-state index in [9.17, 15) is 4.39 Å². The largest absolute Gasteiger partial charge is 0.370 e. The van der Waals surface area contributed by atoms with Gasteiger partial charge < -0.3 is 10.6 Å². The van der Waals surface area contributed by atoms with Crippen molar-refractivity contribution in [2.24, 2.45) is 5.73 Å². The van der Waals surface area contributed by atoms with E-state index in [1.165, 1.54) is 5.56 Å². The lowest BCUT2D eigenvalue weighted by Crippen LogP contribution is -2.20. The van der Waals surface area contributed by atoms with Crippen LogP contribution in [0, 0.1) is 12.7 Å². The summed E-state index contributed by atoms with van der Waals surface area (Å²) in [5.74, 6) is -0.207. The highest BCUT2D eigenvalue weighted by molar-refractivity contribution is 9.10. The van der Waals surface area contributed by atoms with E-state index in [0.717, 1.165) is 22.3 Å². The molecule has 0 spiro atoms. The van der Waals surface area contributed by atoms with Gasteiger partial charge in [0.15, 0.2) is 0 Å². The minimum Gasteiger partial charge on any atom is -0.370 e. The number of halogens is 2. The van der Waals surface area contributed by atoms with E-state index in [4.69, 9.17) is 5.73 Å². The van der Waals surface area contributed by atoms with Crippen LogP contribution in [0.1, 0.15) is 29.7 Å². The molecular formula is C17H20BrFN2. The Hall–Kier alpha value is -1.39. The maximum Gasteiger partial charge on any atom is 0.126 e. The molecule has 0 aliphatic rings. The predicted octanol–water partition coefficient (Wildman–Crippen LogP) is 4.55. The molecule has 4 heteroatoms. The fourth-order valence-corrected chi connectivity index (χ4v) is 2.82. The van der Waals surface area contributed by atoms with Gasteiger partial charge in [0.2, 0.25) is 0 Å². The number of hydrogen-bond acceptors (Lipinski definition) is 2. The minimum atomic E-state index is -0.208. The molecule has 21 heavy (non-hydrogen) atoms. The van der Waals surface area contributed by atoms with Crippen LogP contribution in [0.4, 0.5) is 10.1 Å². The van der Waals surface area contributed by atoms with Gasteiger partial charge in [-0.05, 0) is 54.8 Å². The standard InChI is InChI=1S/C17H20BrFN2/c1-11-7-17(15(12(2)20)9-16(11)19)21(3)10-13-5-4-6-14(18)8-13/h4-9,12H,10,20H2,1-3H3. The van der Waals surface area contributed by atoms with Gasteiger partial charge in [-0.25, -0.2) is 4.39 Å². The summed E-state index contributed by atoms with van der Waals surface area (Å²) >= 11 is 3.48. The molecule has 112 valence electrons. The molecule has 2 aromatic carbocycles. The first-order chi connectivity index (χ1) is 9.88. The lowest BCUT2D eigenvalue weighted by molar-refractivity contribution is 0.612. The van der Waals surface area contributed by atoms with Crippen molar-refractivity contribution < 1.29 is 4.39 Å². The normalized spacial score (nSPS) is 12.3. The van der Waals surface area contributed by atoms with Gasteiger partial charge in [-0.15, -0.1) is 0 Å². The quantitative estimate of drug-likeness (QED) is 0.876. The SMILES string of the molecule is Cc1cc(N(C)Cc2cccc(Br)c2)c(C(C)N)cc1F. The number of nitrogens with zero attached hydrogens (tertiary/aromatic N) is 1. The van der Waals surface area contributed by atoms with Crippen molar-refractivity contribution in [1.29, 1.82) is 0 Å². The van der Waals surface area contributed by atoms with Crippen molar-refractivity contribution in [2.45, 2.75) is 26.4 Å². The number of nitrogens with two attached hydrogens (primary N) is 1. The van der Waals surface area contributed by atoms with Crippen LogP contribution in [0.2, 0.25) is 0 Å². The molecule has 0 radical (unpaired) electrons. The monoisotopic (exact) mass is 350 g/mol. The molecule has 1 unspecified atom stereocenters. The minimum absolute atomic E-state index is 0.207. The molecule has 0 amide bonds. The first-order valence-corrected chi connectivity index (χ1v) is 7.69. The highest BCUT2D eigenvalue weighted by atomic mass is 79.9. The van der Waals surface area contributed by atoms with E-state index in [-0.39, 0.29) is 11.9 Å². The Morgan fingerprint density at radius 2 is 2.00 bits per heavy atom. The second-order valence-corrected chi connectivity index (χ2v) is 6.35. The van der Waals surface area contributed by atoms with Crippen molar-refractivity contribution in [3.05, 3.63) is 63.4 Å². The Morgan fingerprint density at radius 3 is 2.62 bits per heavy atom. The fraction of sp³-hybridized carbons (Fsp3) is 0.294. The van der Waals surface area contributed by atoms with Crippen LogP contribution in [0.5, 0.6) is 0 Å². The molecule has 0 fully saturated rings. The van der Waals surface area contributed by atoms with Crippen LogP contribution in [-0.4, -0.2) is 7.05 Å². The third kappa shape index (κ3) is 3.83. The molecule has 0 heterocycles. The summed E-state index contributed by atoms with van der Waals surface area (Å²) in [6, 6.07) is 11.4. The number of rotatable bonds is 4. The Kier molecular flexibility index (Phi) is 5.01. The topological polar surface area (TPSA) is 29.3 Å². The molecule has 0 saturated carbocycles. The van der Waals surface area contributed by atoms with Gasteiger partial charge >= 0.3 is 0 Å². The third-order valence-corrected chi connectivity index (χ3v) is 4.01. The second-order valence-electron chi connectivity index (χ2n) is 5.43. The summed E-state index contributed by atoms with van der Waals surface area (Å²) in [7, 11) is 2.00. The van der Waals surface area contributed by atoms with Crippen molar-refractivity contribution in [1.82, 2.24) is 0 Å². The lowest BCUT2D eigenvalue weighted by atomic mass is 10.0. The molecule has 1 atom stereocenters. The number of hydrogen-bond donors (Lipinski definition) is 1. The molecule has 0 saturated heterocycles. The molecule has 2 N–H and O–H groups in total. The molecule has 2 rings (SSSR count). The zero-order chi connectivity index (χ0) is 15.6. The van der Waals surface area contributed by atoms with Crippen molar-refractivity contribution >= 4 is 21.6 Å². The van der Waals surface area contributed by atoms with Crippen LogP contribution in [0.25, 0.3) is 0 Å². The van der Waals surface area contributed by atoms with E-state index >= 15 is 0 Å². The lowest BCUT2D eigenvalue weighted by Gasteiger charge is -2.25. The average Bonchev–Trinajstić information content (AvgIpc) is 2.41. The summed E-state index contributed by atoms with van der Waals surface area (Å²) in [6.07, 6.45) is 0. The predicted molar refractivity (Wildman–Crippen MR) is 90.0 cm³/mol. The number of benzene rings is 2. The Morgan fingerprint density at radius 1 is 1.29 bits per heavy atom. The first kappa shape index (κ1) is 16.0. The Balaban J connectivity index is 2.34. The smallest absolute Gasteiger partial charge is 0.126 e. The molecular weight excluding hydrogens is 331 g/mol. The van der Waals surface area contributed by atoms with Crippen LogP contribution in [0.3, 0.4) is 0 Å². The summed E-state index contributed by atoms with van der Waals surface area (Å²) in [6.45, 7) is 4.39. The van der Waals surface area contributed by atoms with Crippen LogP contribution in [0.15, 0.2) is 40.9 Å². The van der Waals surface area contributed by atoms with Crippen molar-refractivity contribution in [3.63, 3.8) is 0 Å². The maximum atomic E-state index is 13.8. The van der Waals surface area contributed by atoms with E-state index in [0.29, 0.717) is 5.56 Å². The van der Waals surface area contributed by atoms with Crippen LogP contribution >= 0.6 is 15.9 Å². The van der Waals surface area contributed by atoms with Crippen molar-refractivity contribution in [3.8, 4) is 0 Å². The summed E-state index contributed by atoms with van der Waals surface area (Å²) in [5.41, 5.74) is 9.61. The zero-order valence-corrected chi connectivity index (χ0v) is 14.1. The number of aryl methyl sites for hydroxylation is 1. The van der Waals surface area contributed by atoms with E-state index in [1.54, 1.807) is 13.0 Å². The van der Waals surface area contributed by atoms with Gasteiger partial charge in [-0.2, -0.15) is 0 Å². The molecule has 0 aromatic heterocycles. The molecule has 2 nitrogen and oxygen atoms in total. The first-order valence-electron chi connectivity index (χ1n) is 6.89. The summed E-state index contributed by atoms with van der Waals surface area (Å²) < 4.78 is 14.8. The summed E-state index contributed by atoms with van der Waals surface area (Å²) in [4.78, 5) is 2.10. The summed E-state index contributed by atoms with van der Waals surface area (Å²) in [5, 5.41) is 0. The van der Waals surface area contributed by atoms with Gasteiger partial charge in [-0.1, -0.05) is 28.1 Å². The highest BCUT2D eigenvalue weighted by Gasteiger charge is 2.14. The van der Waals surface area contributed by atoms with Crippen molar-refractivity contribution in [2.75, 3.05) is 11.9 Å².